The molecule has 1 aliphatic rings. The molecule has 0 unspecified atom stereocenters. The molecule has 0 atom stereocenters. The number of aromatic nitrogens is 1. The van der Waals surface area contributed by atoms with E-state index in [1.807, 2.05) is 40.9 Å². The third-order valence-corrected chi connectivity index (χ3v) is 5.27. The third kappa shape index (κ3) is 4.70. The van der Waals surface area contributed by atoms with Crippen LogP contribution in [0.3, 0.4) is 0 Å². The first-order chi connectivity index (χ1) is 12.1. The maximum absolute atomic E-state index is 12.3. The Labute approximate surface area is 155 Å². The van der Waals surface area contributed by atoms with Crippen molar-refractivity contribution in [3.05, 3.63) is 58.4 Å². The van der Waals surface area contributed by atoms with Crippen LogP contribution < -0.4 is 5.32 Å². The van der Waals surface area contributed by atoms with Gasteiger partial charge in [-0.3, -0.25) is 9.59 Å². The zero-order chi connectivity index (χ0) is 17.6. The fourth-order valence-corrected chi connectivity index (χ4v) is 3.74. The van der Waals surface area contributed by atoms with Crippen molar-refractivity contribution in [1.82, 2.24) is 9.88 Å². The van der Waals surface area contributed by atoms with Crippen LogP contribution in [0.5, 0.6) is 0 Å². The molecule has 1 saturated heterocycles. The first-order valence-corrected chi connectivity index (χ1v) is 9.63. The van der Waals surface area contributed by atoms with Gasteiger partial charge in [0.15, 0.2) is 0 Å². The van der Waals surface area contributed by atoms with Crippen molar-refractivity contribution >= 4 is 41.5 Å². The van der Waals surface area contributed by atoms with Gasteiger partial charge in [0.25, 0.3) is 5.91 Å². The summed E-state index contributed by atoms with van der Waals surface area (Å²) in [4.78, 5) is 29.3. The number of anilines is 1. The molecule has 25 heavy (non-hydrogen) atoms. The van der Waals surface area contributed by atoms with E-state index in [1.54, 1.807) is 18.3 Å². The number of pyridine rings is 1. The second-order valence-electron chi connectivity index (χ2n) is 5.73. The molecule has 0 radical (unpaired) electrons. The van der Waals surface area contributed by atoms with Crippen molar-refractivity contribution in [2.45, 2.75) is 6.42 Å². The topological polar surface area (TPSA) is 65.2 Å². The van der Waals surface area contributed by atoms with E-state index < -0.39 is 0 Å². The molecule has 0 bridgehead atoms. The third-order valence-electron chi connectivity index (χ3n) is 3.99. The van der Waals surface area contributed by atoms with E-state index in [0.717, 1.165) is 30.2 Å². The van der Waals surface area contributed by atoms with E-state index in [1.165, 1.54) is 0 Å². The molecular weight excluding hydrogens is 354 g/mol. The Morgan fingerprint density at radius 2 is 1.88 bits per heavy atom. The number of nitrogens with one attached hydrogen (secondary N) is 2. The molecule has 1 aromatic carbocycles. The summed E-state index contributed by atoms with van der Waals surface area (Å²) in [6.07, 6.45) is 2.08. The molecule has 130 valence electrons. The first-order valence-electron chi connectivity index (χ1n) is 8.07. The number of thioether (sulfide) groups is 1. The molecule has 0 saturated carbocycles. The van der Waals surface area contributed by atoms with Gasteiger partial charge in [-0.05, 0) is 29.8 Å². The highest BCUT2D eigenvalue weighted by Crippen LogP contribution is 2.14. The lowest BCUT2D eigenvalue weighted by atomic mass is 10.1. The number of carbonyl (C=O) groups excluding carboxylic acids is 2. The summed E-state index contributed by atoms with van der Waals surface area (Å²) in [5.74, 6) is 1.93. The number of hydrogen-bond acceptors (Lipinski definition) is 4. The van der Waals surface area contributed by atoms with Gasteiger partial charge in [0.1, 0.15) is 4.64 Å². The summed E-state index contributed by atoms with van der Waals surface area (Å²) in [5.41, 5.74) is 2.05. The monoisotopic (exact) mass is 373 g/mol. The Kier molecular flexibility index (Phi) is 5.88. The second-order valence-corrected chi connectivity index (χ2v) is 7.37. The van der Waals surface area contributed by atoms with Crippen LogP contribution in [-0.4, -0.2) is 46.3 Å². The lowest BCUT2D eigenvalue weighted by molar-refractivity contribution is -0.130. The maximum atomic E-state index is 12.3. The van der Waals surface area contributed by atoms with Crippen molar-refractivity contribution in [2.75, 3.05) is 29.9 Å². The summed E-state index contributed by atoms with van der Waals surface area (Å²) < 4.78 is 0.405. The quantitative estimate of drug-likeness (QED) is 0.808. The van der Waals surface area contributed by atoms with Gasteiger partial charge >= 0.3 is 0 Å². The molecule has 2 N–H and O–H groups in total. The van der Waals surface area contributed by atoms with Crippen molar-refractivity contribution < 1.29 is 9.59 Å². The van der Waals surface area contributed by atoms with E-state index in [0.29, 0.717) is 22.3 Å². The summed E-state index contributed by atoms with van der Waals surface area (Å²) in [7, 11) is 0. The van der Waals surface area contributed by atoms with E-state index in [2.05, 4.69) is 10.3 Å². The van der Waals surface area contributed by atoms with Crippen LogP contribution in [-0.2, 0) is 11.2 Å². The van der Waals surface area contributed by atoms with Gasteiger partial charge in [0.2, 0.25) is 5.91 Å². The molecule has 0 aliphatic carbocycles. The van der Waals surface area contributed by atoms with E-state index in [4.69, 9.17) is 12.2 Å². The molecule has 2 heterocycles. The highest BCUT2D eigenvalue weighted by Gasteiger charge is 2.16. The minimum atomic E-state index is -0.253. The van der Waals surface area contributed by atoms with Crippen LogP contribution in [0.25, 0.3) is 0 Å². The number of carbonyl (C=O) groups is 2. The largest absolute Gasteiger partial charge is 0.352 e. The molecule has 1 aliphatic heterocycles. The van der Waals surface area contributed by atoms with Crippen LogP contribution in [0.15, 0.2) is 42.6 Å². The van der Waals surface area contributed by atoms with E-state index >= 15 is 0 Å². The SMILES string of the molecule is O=C(Nc1ccc(CC(=O)N2CCSCC2)cc1)c1ccc[nH]c1=S. The van der Waals surface area contributed by atoms with E-state index in [9.17, 15) is 9.59 Å². The molecule has 2 amide bonds. The number of rotatable bonds is 4. The minimum absolute atomic E-state index is 0.160. The van der Waals surface area contributed by atoms with Crippen molar-refractivity contribution in [3.63, 3.8) is 0 Å². The maximum Gasteiger partial charge on any atom is 0.258 e. The first kappa shape index (κ1) is 17.7. The average Bonchev–Trinajstić information content (AvgIpc) is 2.64. The van der Waals surface area contributed by atoms with E-state index in [-0.39, 0.29) is 11.8 Å². The number of H-pyrrole nitrogens is 1. The number of hydrogen-bond donors (Lipinski definition) is 2. The van der Waals surface area contributed by atoms with Gasteiger partial charge in [-0.15, -0.1) is 0 Å². The number of benzene rings is 1. The van der Waals surface area contributed by atoms with Crippen LogP contribution in [0.4, 0.5) is 5.69 Å². The fraction of sp³-hybridized carbons (Fsp3) is 0.278. The van der Waals surface area contributed by atoms with Crippen LogP contribution in [0, 0.1) is 4.64 Å². The molecule has 2 aromatic rings. The Balaban J connectivity index is 1.60. The van der Waals surface area contributed by atoms with Crippen LogP contribution in [0.2, 0.25) is 0 Å². The molecule has 1 aromatic heterocycles. The Hall–Kier alpha value is -2.12. The summed E-state index contributed by atoms with van der Waals surface area (Å²) >= 11 is 7.00. The molecule has 1 fully saturated rings. The van der Waals surface area contributed by atoms with Crippen molar-refractivity contribution in [1.29, 1.82) is 0 Å². The lowest BCUT2D eigenvalue weighted by Crippen LogP contribution is -2.38. The zero-order valence-corrected chi connectivity index (χ0v) is 15.3. The van der Waals surface area contributed by atoms with Crippen molar-refractivity contribution in [3.8, 4) is 0 Å². The molecule has 3 rings (SSSR count). The molecule has 7 heteroatoms. The average molecular weight is 374 g/mol. The standard InChI is InChI=1S/C18H19N3O2S2/c22-16(21-8-10-25-11-9-21)12-13-3-5-14(6-4-13)20-17(23)15-2-1-7-19-18(15)24/h1-7H,8-12H2,(H,19,24)(H,20,23). The Morgan fingerprint density at radius 1 is 1.16 bits per heavy atom. The van der Waals surface area contributed by atoms with Gasteiger partial charge in [0, 0.05) is 36.5 Å². The highest BCUT2D eigenvalue weighted by molar-refractivity contribution is 7.99. The second kappa shape index (κ2) is 8.31. The fourth-order valence-electron chi connectivity index (χ4n) is 2.60. The van der Waals surface area contributed by atoms with Gasteiger partial charge in [-0.2, -0.15) is 11.8 Å². The zero-order valence-electron chi connectivity index (χ0n) is 13.7. The van der Waals surface area contributed by atoms with Gasteiger partial charge in [0.05, 0.1) is 12.0 Å². The molecule has 5 nitrogen and oxygen atoms in total. The molecule has 0 spiro atoms. The smallest absolute Gasteiger partial charge is 0.258 e. The normalized spacial score (nSPS) is 14.2. The molecular formula is C18H19N3O2S2. The van der Waals surface area contributed by atoms with Gasteiger partial charge in [-0.25, -0.2) is 0 Å². The van der Waals surface area contributed by atoms with Crippen molar-refractivity contribution in [2.24, 2.45) is 0 Å². The van der Waals surface area contributed by atoms with Crippen LogP contribution in [0.1, 0.15) is 15.9 Å². The predicted octanol–water partition coefficient (Wildman–Crippen LogP) is 3.11. The number of aromatic amines is 1. The minimum Gasteiger partial charge on any atom is -0.352 e. The summed E-state index contributed by atoms with van der Waals surface area (Å²) in [6, 6.07) is 10.8. The van der Waals surface area contributed by atoms with Gasteiger partial charge in [-0.1, -0.05) is 24.4 Å². The van der Waals surface area contributed by atoms with Gasteiger partial charge < -0.3 is 15.2 Å². The predicted molar refractivity (Wildman–Crippen MR) is 104 cm³/mol. The summed E-state index contributed by atoms with van der Waals surface area (Å²) in [5, 5.41) is 2.82. The number of amides is 2. The summed E-state index contributed by atoms with van der Waals surface area (Å²) in [6.45, 7) is 1.66. The highest BCUT2D eigenvalue weighted by atomic mass is 32.2. The van der Waals surface area contributed by atoms with Crippen LogP contribution >= 0.6 is 24.0 Å². The number of nitrogens with zero attached hydrogens (tertiary/aromatic N) is 1. The lowest BCUT2D eigenvalue weighted by Gasteiger charge is -2.26. The Morgan fingerprint density at radius 3 is 2.56 bits per heavy atom. The Bertz CT molecular complexity index is 812.